The Labute approximate surface area is 99.0 Å². The second kappa shape index (κ2) is 4.08. The first kappa shape index (κ1) is 11.4. The maximum absolute atomic E-state index is 11.5. The molecule has 0 saturated heterocycles. The molecule has 0 bridgehead atoms. The van der Waals surface area contributed by atoms with Crippen LogP contribution in [0.25, 0.3) is 0 Å². The molecule has 0 unspecified atom stereocenters. The van der Waals surface area contributed by atoms with Crippen LogP contribution in [-0.2, 0) is 4.79 Å². The van der Waals surface area contributed by atoms with E-state index in [4.69, 9.17) is 5.11 Å². The van der Waals surface area contributed by atoms with Crippen LogP contribution in [0.4, 0.5) is 11.4 Å². The van der Waals surface area contributed by atoms with Crippen molar-refractivity contribution in [2.24, 2.45) is 0 Å². The average molecular weight is 234 g/mol. The minimum Gasteiger partial charge on any atom is -0.478 e. The highest BCUT2D eigenvalue weighted by Crippen LogP contribution is 2.34. The van der Waals surface area contributed by atoms with Crippen LogP contribution in [0.5, 0.6) is 0 Å². The number of carbonyl (C=O) groups excluding carboxylic acids is 1. The Morgan fingerprint density at radius 1 is 1.47 bits per heavy atom. The number of amides is 1. The van der Waals surface area contributed by atoms with E-state index in [1.807, 2.05) is 13.8 Å². The molecule has 0 radical (unpaired) electrons. The summed E-state index contributed by atoms with van der Waals surface area (Å²) in [6.45, 7) is 4.05. The van der Waals surface area contributed by atoms with Crippen molar-refractivity contribution in [2.45, 2.75) is 19.9 Å². The minimum absolute atomic E-state index is 0.0697. The van der Waals surface area contributed by atoms with Gasteiger partial charge in [0.05, 0.1) is 23.5 Å². The standard InChI is InChI=1S/C12H14N2O3/c1-7(2)14-6-10(15)13-9-5-3-4-8(11(9)14)12(16)17/h3-5,7H,6H2,1-2H3,(H,13,15)(H,16,17). The van der Waals surface area contributed by atoms with Gasteiger partial charge in [-0.2, -0.15) is 0 Å². The number of para-hydroxylation sites is 1. The highest BCUT2D eigenvalue weighted by Gasteiger charge is 2.28. The van der Waals surface area contributed by atoms with E-state index in [0.29, 0.717) is 11.4 Å². The summed E-state index contributed by atoms with van der Waals surface area (Å²) in [5, 5.41) is 11.9. The van der Waals surface area contributed by atoms with Crippen LogP contribution < -0.4 is 10.2 Å². The van der Waals surface area contributed by atoms with Crippen molar-refractivity contribution in [1.82, 2.24) is 0 Å². The van der Waals surface area contributed by atoms with Crippen molar-refractivity contribution in [3.05, 3.63) is 23.8 Å². The first-order valence-corrected chi connectivity index (χ1v) is 5.43. The Bertz CT molecular complexity index is 483. The predicted octanol–water partition coefficient (Wildman–Crippen LogP) is 1.55. The molecule has 1 aromatic carbocycles. The van der Waals surface area contributed by atoms with Gasteiger partial charge in [-0.1, -0.05) is 6.07 Å². The third-order valence-corrected chi connectivity index (χ3v) is 2.77. The number of carboxylic acids is 1. The molecule has 1 aliphatic heterocycles. The number of nitrogens with one attached hydrogen (secondary N) is 1. The number of rotatable bonds is 2. The molecule has 1 aliphatic rings. The zero-order valence-electron chi connectivity index (χ0n) is 9.73. The van der Waals surface area contributed by atoms with Gasteiger partial charge in [-0.3, -0.25) is 4.79 Å². The number of carbonyl (C=O) groups is 2. The van der Waals surface area contributed by atoms with Gasteiger partial charge in [0.1, 0.15) is 0 Å². The van der Waals surface area contributed by atoms with E-state index < -0.39 is 5.97 Å². The summed E-state index contributed by atoms with van der Waals surface area (Å²) in [6, 6.07) is 4.97. The molecular weight excluding hydrogens is 220 g/mol. The highest BCUT2D eigenvalue weighted by atomic mass is 16.4. The van der Waals surface area contributed by atoms with Crippen molar-refractivity contribution in [3.8, 4) is 0 Å². The summed E-state index contributed by atoms with van der Waals surface area (Å²) in [6.07, 6.45) is 0. The predicted molar refractivity (Wildman–Crippen MR) is 64.5 cm³/mol. The van der Waals surface area contributed by atoms with Crippen molar-refractivity contribution < 1.29 is 14.7 Å². The van der Waals surface area contributed by atoms with Crippen LogP contribution in [0.2, 0.25) is 0 Å². The molecule has 1 aromatic rings. The maximum Gasteiger partial charge on any atom is 0.337 e. The first-order valence-electron chi connectivity index (χ1n) is 5.43. The summed E-state index contributed by atoms with van der Waals surface area (Å²) < 4.78 is 0. The van der Waals surface area contributed by atoms with Crippen LogP contribution in [0, 0.1) is 0 Å². The Kier molecular flexibility index (Phi) is 2.75. The van der Waals surface area contributed by atoms with E-state index in [0.717, 1.165) is 0 Å². The van der Waals surface area contributed by atoms with E-state index in [9.17, 15) is 9.59 Å². The third-order valence-electron chi connectivity index (χ3n) is 2.77. The Hall–Kier alpha value is -2.04. The normalized spacial score (nSPS) is 14.5. The van der Waals surface area contributed by atoms with Gasteiger partial charge in [0, 0.05) is 6.04 Å². The second-order valence-corrected chi connectivity index (χ2v) is 4.28. The SMILES string of the molecule is CC(C)N1CC(=O)Nc2cccc(C(=O)O)c21. The van der Waals surface area contributed by atoms with E-state index in [2.05, 4.69) is 5.32 Å². The number of carboxylic acid groups (broad SMARTS) is 1. The van der Waals surface area contributed by atoms with Crippen LogP contribution in [0.1, 0.15) is 24.2 Å². The Morgan fingerprint density at radius 2 is 2.18 bits per heavy atom. The quantitative estimate of drug-likeness (QED) is 0.814. The van der Waals surface area contributed by atoms with Gasteiger partial charge < -0.3 is 15.3 Å². The summed E-state index contributed by atoms with van der Waals surface area (Å²) in [5.74, 6) is -1.10. The van der Waals surface area contributed by atoms with Gasteiger partial charge in [-0.15, -0.1) is 0 Å². The monoisotopic (exact) mass is 234 g/mol. The molecule has 0 fully saturated rings. The fourth-order valence-corrected chi connectivity index (χ4v) is 1.99. The third kappa shape index (κ3) is 1.95. The number of nitrogens with zero attached hydrogens (tertiary/aromatic N) is 1. The minimum atomic E-state index is -0.983. The lowest BCUT2D eigenvalue weighted by Gasteiger charge is -2.35. The van der Waals surface area contributed by atoms with E-state index in [-0.39, 0.29) is 24.1 Å². The molecule has 0 atom stereocenters. The Balaban J connectivity index is 2.60. The highest BCUT2D eigenvalue weighted by molar-refractivity contribution is 6.07. The van der Waals surface area contributed by atoms with Crippen LogP contribution in [0.3, 0.4) is 0 Å². The summed E-state index contributed by atoms with van der Waals surface area (Å²) in [4.78, 5) is 24.5. The van der Waals surface area contributed by atoms with Crippen LogP contribution in [-0.4, -0.2) is 29.6 Å². The largest absolute Gasteiger partial charge is 0.478 e. The second-order valence-electron chi connectivity index (χ2n) is 4.28. The summed E-state index contributed by atoms with van der Waals surface area (Å²) in [7, 11) is 0. The van der Waals surface area contributed by atoms with Gasteiger partial charge in [-0.05, 0) is 26.0 Å². The maximum atomic E-state index is 11.5. The van der Waals surface area contributed by atoms with Crippen molar-refractivity contribution in [1.29, 1.82) is 0 Å². The van der Waals surface area contributed by atoms with Gasteiger partial charge in [0.25, 0.3) is 0 Å². The molecule has 17 heavy (non-hydrogen) atoms. The first-order chi connectivity index (χ1) is 8.00. The summed E-state index contributed by atoms with van der Waals surface area (Å²) >= 11 is 0. The van der Waals surface area contributed by atoms with Crippen molar-refractivity contribution >= 4 is 23.3 Å². The summed E-state index contributed by atoms with van der Waals surface area (Å²) in [5.41, 5.74) is 1.38. The molecule has 2 N–H and O–H groups in total. The van der Waals surface area contributed by atoms with E-state index in [1.165, 1.54) is 0 Å². The molecule has 1 amide bonds. The molecule has 5 heteroatoms. The van der Waals surface area contributed by atoms with E-state index in [1.54, 1.807) is 23.1 Å². The zero-order valence-corrected chi connectivity index (χ0v) is 9.73. The molecule has 0 saturated carbocycles. The number of hydrogen-bond acceptors (Lipinski definition) is 3. The molecular formula is C12H14N2O3. The zero-order chi connectivity index (χ0) is 12.6. The topological polar surface area (TPSA) is 69.6 Å². The lowest BCUT2D eigenvalue weighted by Crippen LogP contribution is -2.43. The fraction of sp³-hybridized carbons (Fsp3) is 0.333. The molecule has 0 aliphatic carbocycles. The van der Waals surface area contributed by atoms with Crippen LogP contribution >= 0.6 is 0 Å². The molecule has 90 valence electrons. The Morgan fingerprint density at radius 3 is 2.76 bits per heavy atom. The lowest BCUT2D eigenvalue weighted by molar-refractivity contribution is -0.115. The molecule has 5 nitrogen and oxygen atoms in total. The molecule has 1 heterocycles. The fourth-order valence-electron chi connectivity index (χ4n) is 1.99. The molecule has 0 aromatic heterocycles. The average Bonchev–Trinajstić information content (AvgIpc) is 2.26. The molecule has 2 rings (SSSR count). The number of aromatic carboxylic acids is 1. The lowest BCUT2D eigenvalue weighted by atomic mass is 10.1. The van der Waals surface area contributed by atoms with Gasteiger partial charge >= 0.3 is 5.97 Å². The van der Waals surface area contributed by atoms with Crippen LogP contribution in [0.15, 0.2) is 18.2 Å². The number of benzene rings is 1. The van der Waals surface area contributed by atoms with Crippen molar-refractivity contribution in [2.75, 3.05) is 16.8 Å². The van der Waals surface area contributed by atoms with E-state index >= 15 is 0 Å². The smallest absolute Gasteiger partial charge is 0.337 e. The number of hydrogen-bond donors (Lipinski definition) is 2. The number of anilines is 2. The molecule has 0 spiro atoms. The van der Waals surface area contributed by atoms with Gasteiger partial charge in [0.2, 0.25) is 5.91 Å². The van der Waals surface area contributed by atoms with Gasteiger partial charge in [-0.25, -0.2) is 4.79 Å². The number of fused-ring (bicyclic) bond motifs is 1. The van der Waals surface area contributed by atoms with Gasteiger partial charge in [0.15, 0.2) is 0 Å². The van der Waals surface area contributed by atoms with Crippen molar-refractivity contribution in [3.63, 3.8) is 0 Å².